The van der Waals surface area contributed by atoms with Crippen molar-refractivity contribution in [3.8, 4) is 0 Å². The lowest BCUT2D eigenvalue weighted by Crippen LogP contribution is -2.40. The normalized spacial score (nSPS) is 21.1. The number of rotatable bonds is 3. The van der Waals surface area contributed by atoms with Gasteiger partial charge in [-0.15, -0.1) is 0 Å². The minimum absolute atomic E-state index is 0.0675. The van der Waals surface area contributed by atoms with Gasteiger partial charge >= 0.3 is 0 Å². The molecule has 1 heterocycles. The second-order valence-corrected chi connectivity index (χ2v) is 6.95. The fraction of sp³-hybridized carbons (Fsp3) is 0.412. The Morgan fingerprint density at radius 1 is 1.22 bits per heavy atom. The summed E-state index contributed by atoms with van der Waals surface area (Å²) in [6.07, 6.45) is 5.15. The van der Waals surface area contributed by atoms with Crippen molar-refractivity contribution in [3.05, 3.63) is 34.4 Å². The van der Waals surface area contributed by atoms with Gasteiger partial charge in [-0.1, -0.05) is 15.9 Å². The molecule has 1 aromatic heterocycles. The fourth-order valence-electron chi connectivity index (χ4n) is 3.28. The molecule has 0 aliphatic heterocycles. The summed E-state index contributed by atoms with van der Waals surface area (Å²) in [5, 5.41) is 6.82. The van der Waals surface area contributed by atoms with Gasteiger partial charge in [-0.2, -0.15) is 0 Å². The van der Waals surface area contributed by atoms with Crippen molar-refractivity contribution in [2.24, 2.45) is 5.92 Å². The summed E-state index contributed by atoms with van der Waals surface area (Å²) in [6, 6.07) is 5.90. The van der Waals surface area contributed by atoms with Crippen LogP contribution < -0.4 is 10.6 Å². The summed E-state index contributed by atoms with van der Waals surface area (Å²) < 4.78 is 0.887. The van der Waals surface area contributed by atoms with E-state index in [1.165, 1.54) is 0 Å². The highest BCUT2D eigenvalue weighted by molar-refractivity contribution is 9.10. The molecule has 0 spiro atoms. The summed E-state index contributed by atoms with van der Waals surface area (Å²) in [6.45, 7) is 0. The second kappa shape index (κ2) is 6.74. The molecule has 1 aliphatic carbocycles. The molecule has 0 unspecified atom stereocenters. The van der Waals surface area contributed by atoms with Crippen LogP contribution in [-0.2, 0) is 4.79 Å². The third-order valence-electron chi connectivity index (χ3n) is 4.55. The van der Waals surface area contributed by atoms with Gasteiger partial charge < -0.3 is 15.6 Å². The lowest BCUT2D eigenvalue weighted by Gasteiger charge is -2.28. The van der Waals surface area contributed by atoms with Crippen LogP contribution in [-0.4, -0.2) is 29.9 Å². The first kappa shape index (κ1) is 16.1. The molecule has 1 saturated carbocycles. The van der Waals surface area contributed by atoms with Crippen LogP contribution in [0.1, 0.15) is 36.0 Å². The van der Waals surface area contributed by atoms with Gasteiger partial charge in [0, 0.05) is 35.1 Å². The van der Waals surface area contributed by atoms with E-state index in [0.717, 1.165) is 41.1 Å². The third kappa shape index (κ3) is 3.42. The quantitative estimate of drug-likeness (QED) is 0.768. The molecule has 2 aromatic rings. The predicted octanol–water partition coefficient (Wildman–Crippen LogP) is 2.97. The van der Waals surface area contributed by atoms with Crippen LogP contribution in [0, 0.1) is 5.92 Å². The Balaban J connectivity index is 1.68. The lowest BCUT2D eigenvalue weighted by atomic mass is 9.85. The zero-order chi connectivity index (χ0) is 16.4. The first-order valence-electron chi connectivity index (χ1n) is 7.87. The molecule has 2 amide bonds. The van der Waals surface area contributed by atoms with Crippen molar-refractivity contribution in [1.82, 2.24) is 15.6 Å². The van der Waals surface area contributed by atoms with Crippen LogP contribution in [0.4, 0.5) is 0 Å². The van der Waals surface area contributed by atoms with Crippen molar-refractivity contribution in [2.75, 3.05) is 7.05 Å². The van der Waals surface area contributed by atoms with Crippen molar-refractivity contribution in [1.29, 1.82) is 0 Å². The Bertz CT molecular complexity index is 733. The number of amides is 2. The zero-order valence-corrected chi connectivity index (χ0v) is 14.6. The molecule has 0 atom stereocenters. The summed E-state index contributed by atoms with van der Waals surface area (Å²) in [5.74, 6) is 0.117. The number of H-pyrrole nitrogens is 1. The summed E-state index contributed by atoms with van der Waals surface area (Å²) in [5.41, 5.74) is 1.50. The number of carbonyl (C=O) groups is 2. The maximum atomic E-state index is 12.6. The van der Waals surface area contributed by atoms with Crippen LogP contribution >= 0.6 is 15.9 Å². The molecular weight excluding hydrogens is 358 g/mol. The number of aromatic amines is 1. The topological polar surface area (TPSA) is 74.0 Å². The number of hydrogen-bond donors (Lipinski definition) is 3. The molecule has 122 valence electrons. The molecule has 3 N–H and O–H groups in total. The average Bonchev–Trinajstić information content (AvgIpc) is 3.02. The van der Waals surface area contributed by atoms with Crippen molar-refractivity contribution >= 4 is 38.6 Å². The molecule has 1 aromatic carbocycles. The highest BCUT2D eigenvalue weighted by atomic mass is 79.9. The summed E-state index contributed by atoms with van der Waals surface area (Å²) >= 11 is 3.45. The van der Waals surface area contributed by atoms with Gasteiger partial charge in [0.25, 0.3) is 5.91 Å². The number of nitrogens with one attached hydrogen (secondary N) is 3. The minimum atomic E-state index is -0.0675. The van der Waals surface area contributed by atoms with E-state index in [4.69, 9.17) is 0 Å². The standard InChI is InChI=1S/C17H20BrN3O2/c1-19-16(22)10-2-4-13(5-3-10)21-17(23)14-9-12(18)8-11-6-7-20-15(11)14/h6-10,13,20H,2-5H2,1H3,(H,19,22)(H,21,23)/t10-,13+. The Morgan fingerprint density at radius 2 is 1.96 bits per heavy atom. The first-order valence-corrected chi connectivity index (χ1v) is 8.67. The molecule has 6 heteroatoms. The maximum Gasteiger partial charge on any atom is 0.253 e. The van der Waals surface area contributed by atoms with Gasteiger partial charge in [-0.3, -0.25) is 9.59 Å². The van der Waals surface area contributed by atoms with E-state index in [0.29, 0.717) is 5.56 Å². The van der Waals surface area contributed by atoms with Gasteiger partial charge in [0.05, 0.1) is 11.1 Å². The van der Waals surface area contributed by atoms with Gasteiger partial charge in [-0.25, -0.2) is 0 Å². The van der Waals surface area contributed by atoms with E-state index in [9.17, 15) is 9.59 Å². The van der Waals surface area contributed by atoms with E-state index >= 15 is 0 Å². The molecular formula is C17H20BrN3O2. The van der Waals surface area contributed by atoms with Gasteiger partial charge in [0.2, 0.25) is 5.91 Å². The number of carbonyl (C=O) groups excluding carboxylic acids is 2. The molecule has 1 aliphatic rings. The third-order valence-corrected chi connectivity index (χ3v) is 5.01. The Hall–Kier alpha value is -1.82. The monoisotopic (exact) mass is 377 g/mol. The highest BCUT2D eigenvalue weighted by Crippen LogP contribution is 2.26. The highest BCUT2D eigenvalue weighted by Gasteiger charge is 2.27. The molecule has 23 heavy (non-hydrogen) atoms. The van der Waals surface area contributed by atoms with E-state index in [2.05, 4.69) is 31.5 Å². The Kier molecular flexibility index (Phi) is 4.71. The van der Waals surface area contributed by atoms with Crippen molar-refractivity contribution in [3.63, 3.8) is 0 Å². The van der Waals surface area contributed by atoms with Crippen LogP contribution in [0.2, 0.25) is 0 Å². The molecule has 0 saturated heterocycles. The van der Waals surface area contributed by atoms with Gasteiger partial charge in [-0.05, 0) is 43.9 Å². The molecule has 3 rings (SSSR count). The number of aromatic nitrogens is 1. The molecule has 0 radical (unpaired) electrons. The van der Waals surface area contributed by atoms with Crippen LogP contribution in [0.15, 0.2) is 28.9 Å². The molecule has 0 bridgehead atoms. The van der Waals surface area contributed by atoms with Crippen molar-refractivity contribution < 1.29 is 9.59 Å². The van der Waals surface area contributed by atoms with Crippen molar-refractivity contribution in [2.45, 2.75) is 31.7 Å². The second-order valence-electron chi connectivity index (χ2n) is 6.03. The van der Waals surface area contributed by atoms with Crippen LogP contribution in [0.5, 0.6) is 0 Å². The lowest BCUT2D eigenvalue weighted by molar-refractivity contribution is -0.125. The smallest absolute Gasteiger partial charge is 0.253 e. The van der Waals surface area contributed by atoms with E-state index < -0.39 is 0 Å². The Morgan fingerprint density at radius 3 is 2.65 bits per heavy atom. The van der Waals surface area contributed by atoms with E-state index in [-0.39, 0.29) is 23.8 Å². The van der Waals surface area contributed by atoms with Crippen LogP contribution in [0.25, 0.3) is 10.9 Å². The maximum absolute atomic E-state index is 12.6. The van der Waals surface area contributed by atoms with Crippen LogP contribution in [0.3, 0.4) is 0 Å². The first-order chi connectivity index (χ1) is 11.1. The van der Waals surface area contributed by atoms with Gasteiger partial charge in [0.15, 0.2) is 0 Å². The summed E-state index contributed by atoms with van der Waals surface area (Å²) in [7, 11) is 1.67. The molecule has 1 fully saturated rings. The van der Waals surface area contributed by atoms with E-state index in [1.807, 2.05) is 24.4 Å². The van der Waals surface area contributed by atoms with Gasteiger partial charge in [0.1, 0.15) is 0 Å². The fourth-order valence-corrected chi connectivity index (χ4v) is 3.76. The SMILES string of the molecule is CNC(=O)[C@H]1CC[C@@H](NC(=O)c2cc(Br)cc3cc[nH]c23)CC1. The number of fused-ring (bicyclic) bond motifs is 1. The Labute approximate surface area is 143 Å². The minimum Gasteiger partial charge on any atom is -0.361 e. The van der Waals surface area contributed by atoms with E-state index in [1.54, 1.807) is 7.05 Å². The number of benzene rings is 1. The molecule has 5 nitrogen and oxygen atoms in total. The largest absolute Gasteiger partial charge is 0.361 e. The average molecular weight is 378 g/mol. The summed E-state index contributed by atoms with van der Waals surface area (Å²) in [4.78, 5) is 27.4. The zero-order valence-electron chi connectivity index (χ0n) is 13.0. The number of halogens is 1. The predicted molar refractivity (Wildman–Crippen MR) is 93.3 cm³/mol. The number of hydrogen-bond acceptors (Lipinski definition) is 2.